The van der Waals surface area contributed by atoms with Gasteiger partial charge in [-0.2, -0.15) is 0 Å². The summed E-state index contributed by atoms with van der Waals surface area (Å²) in [4.78, 5) is 17.3. The summed E-state index contributed by atoms with van der Waals surface area (Å²) in [5.74, 6) is 0.0695. The lowest BCUT2D eigenvalue weighted by Gasteiger charge is -2.19. The molecule has 5 heteroatoms. The van der Waals surface area contributed by atoms with Crippen LogP contribution in [-0.2, 0) is 12.8 Å². The number of carbonyl (C=O) groups excluding carboxylic acids is 1. The van der Waals surface area contributed by atoms with Crippen LogP contribution >= 0.6 is 0 Å². The van der Waals surface area contributed by atoms with Crippen molar-refractivity contribution >= 4 is 5.91 Å². The molecule has 31 heavy (non-hydrogen) atoms. The van der Waals surface area contributed by atoms with Gasteiger partial charge in [0.25, 0.3) is 5.91 Å². The van der Waals surface area contributed by atoms with E-state index in [-0.39, 0.29) is 17.6 Å². The van der Waals surface area contributed by atoms with Crippen LogP contribution in [0.1, 0.15) is 45.2 Å². The highest BCUT2D eigenvalue weighted by molar-refractivity contribution is 5.92. The fraction of sp³-hybridized carbons (Fsp3) is 0.154. The first-order chi connectivity index (χ1) is 15.2. The predicted octanol–water partition coefficient (Wildman–Crippen LogP) is 4.63. The molecular formula is C26H25N3O2. The second-order valence-electron chi connectivity index (χ2n) is 7.49. The monoisotopic (exact) mass is 411 g/mol. The highest BCUT2D eigenvalue weighted by atomic mass is 16.3. The van der Waals surface area contributed by atoms with Gasteiger partial charge in [-0.1, -0.05) is 91.0 Å². The molecule has 2 unspecified atom stereocenters. The van der Waals surface area contributed by atoms with Gasteiger partial charge in [0.05, 0.1) is 12.1 Å². The first-order valence-electron chi connectivity index (χ1n) is 10.3. The van der Waals surface area contributed by atoms with E-state index in [1.807, 2.05) is 78.9 Å². The number of hydrogen-bond acceptors (Lipinski definition) is 4. The predicted molar refractivity (Wildman–Crippen MR) is 120 cm³/mol. The Hall–Kier alpha value is -3.70. The van der Waals surface area contributed by atoms with Gasteiger partial charge in [-0.25, -0.2) is 4.98 Å². The molecule has 156 valence electrons. The zero-order valence-electron chi connectivity index (χ0n) is 17.1. The first kappa shape index (κ1) is 20.6. The third-order valence-corrected chi connectivity index (χ3v) is 5.16. The average Bonchev–Trinajstić information content (AvgIpc) is 3.31. The standard InChI is InChI=1S/C26H25N3O2/c27-22(16-19-10-4-1-5-11-19)26-29-24(18-31-26)25(30)28-23(21-14-8-3-9-15-21)17-20-12-6-2-7-13-20/h1-15,18,22-23H,16-17,27H2,(H,28,30). The van der Waals surface area contributed by atoms with Gasteiger partial charge in [-0.05, 0) is 29.5 Å². The number of nitrogens with one attached hydrogen (secondary N) is 1. The van der Waals surface area contributed by atoms with Crippen LogP contribution < -0.4 is 11.1 Å². The summed E-state index contributed by atoms with van der Waals surface area (Å²) in [7, 11) is 0. The topological polar surface area (TPSA) is 81.1 Å². The fourth-order valence-corrected chi connectivity index (χ4v) is 3.54. The number of rotatable bonds is 8. The molecule has 0 aliphatic carbocycles. The van der Waals surface area contributed by atoms with Gasteiger partial charge >= 0.3 is 0 Å². The molecule has 0 fully saturated rings. The van der Waals surface area contributed by atoms with Crippen LogP contribution in [-0.4, -0.2) is 10.9 Å². The molecule has 5 nitrogen and oxygen atoms in total. The van der Waals surface area contributed by atoms with E-state index in [0.29, 0.717) is 18.7 Å². The fourth-order valence-electron chi connectivity index (χ4n) is 3.54. The number of nitrogens with two attached hydrogens (primary N) is 1. The SMILES string of the molecule is NC(Cc1ccccc1)c1nc(C(=O)NC(Cc2ccccc2)c2ccccc2)co1. The molecule has 1 aromatic heterocycles. The van der Waals surface area contributed by atoms with Crippen LogP contribution in [0.4, 0.5) is 0 Å². The molecule has 0 saturated heterocycles. The van der Waals surface area contributed by atoms with E-state index in [0.717, 1.165) is 16.7 Å². The largest absolute Gasteiger partial charge is 0.446 e. The van der Waals surface area contributed by atoms with Gasteiger partial charge in [0.1, 0.15) is 6.26 Å². The zero-order valence-corrected chi connectivity index (χ0v) is 17.1. The Kier molecular flexibility index (Phi) is 6.55. The van der Waals surface area contributed by atoms with Crippen molar-refractivity contribution in [2.24, 2.45) is 5.73 Å². The summed E-state index contributed by atoms with van der Waals surface area (Å²) in [6.45, 7) is 0. The van der Waals surface area contributed by atoms with Gasteiger partial charge in [0.15, 0.2) is 5.69 Å². The maximum absolute atomic E-state index is 12.9. The van der Waals surface area contributed by atoms with Gasteiger partial charge in [-0.3, -0.25) is 4.79 Å². The van der Waals surface area contributed by atoms with Crippen LogP contribution in [0.2, 0.25) is 0 Å². The quantitative estimate of drug-likeness (QED) is 0.443. The lowest BCUT2D eigenvalue weighted by Crippen LogP contribution is -2.30. The number of nitrogens with zero attached hydrogens (tertiary/aromatic N) is 1. The van der Waals surface area contributed by atoms with Crippen molar-refractivity contribution in [1.82, 2.24) is 10.3 Å². The van der Waals surface area contributed by atoms with E-state index >= 15 is 0 Å². The molecule has 4 aromatic rings. The minimum Gasteiger partial charge on any atom is -0.446 e. The molecule has 0 spiro atoms. The summed E-state index contributed by atoms with van der Waals surface area (Å²) in [5.41, 5.74) is 9.74. The highest BCUT2D eigenvalue weighted by Crippen LogP contribution is 2.20. The Morgan fingerprint density at radius 1 is 0.839 bits per heavy atom. The van der Waals surface area contributed by atoms with Gasteiger partial charge in [0, 0.05) is 0 Å². The van der Waals surface area contributed by atoms with Crippen molar-refractivity contribution < 1.29 is 9.21 Å². The first-order valence-corrected chi connectivity index (χ1v) is 10.3. The average molecular weight is 412 g/mol. The van der Waals surface area contributed by atoms with E-state index in [1.54, 1.807) is 0 Å². The minimum absolute atomic E-state index is 0.186. The third kappa shape index (κ3) is 5.47. The van der Waals surface area contributed by atoms with Gasteiger partial charge in [-0.15, -0.1) is 0 Å². The van der Waals surface area contributed by atoms with Crippen molar-refractivity contribution in [3.05, 3.63) is 126 Å². The van der Waals surface area contributed by atoms with E-state index in [1.165, 1.54) is 6.26 Å². The molecule has 0 bridgehead atoms. The summed E-state index contributed by atoms with van der Waals surface area (Å²) in [6, 6.07) is 29.3. The molecule has 4 rings (SSSR count). The van der Waals surface area contributed by atoms with Gasteiger partial charge < -0.3 is 15.5 Å². The third-order valence-electron chi connectivity index (χ3n) is 5.16. The van der Waals surface area contributed by atoms with Crippen molar-refractivity contribution in [2.75, 3.05) is 0 Å². The maximum Gasteiger partial charge on any atom is 0.273 e. The summed E-state index contributed by atoms with van der Waals surface area (Å²) in [5, 5.41) is 3.10. The number of aromatic nitrogens is 1. The van der Waals surface area contributed by atoms with E-state index in [9.17, 15) is 4.79 Å². The van der Waals surface area contributed by atoms with Crippen LogP contribution in [0.25, 0.3) is 0 Å². The van der Waals surface area contributed by atoms with Gasteiger partial charge in [0.2, 0.25) is 5.89 Å². The van der Waals surface area contributed by atoms with Crippen molar-refractivity contribution in [1.29, 1.82) is 0 Å². The summed E-state index contributed by atoms with van der Waals surface area (Å²) in [6.07, 6.45) is 2.64. The maximum atomic E-state index is 12.9. The lowest BCUT2D eigenvalue weighted by molar-refractivity contribution is 0.0931. The Labute approximate surface area is 181 Å². The second kappa shape index (κ2) is 9.87. The lowest BCUT2D eigenvalue weighted by atomic mass is 9.99. The molecule has 0 aliphatic rings. The summed E-state index contributed by atoms with van der Waals surface area (Å²) < 4.78 is 5.53. The number of carbonyl (C=O) groups is 1. The minimum atomic E-state index is -0.418. The van der Waals surface area contributed by atoms with Crippen LogP contribution in [0.5, 0.6) is 0 Å². The van der Waals surface area contributed by atoms with Crippen molar-refractivity contribution in [3.8, 4) is 0 Å². The molecule has 0 saturated carbocycles. The van der Waals surface area contributed by atoms with E-state index < -0.39 is 6.04 Å². The molecule has 1 amide bonds. The molecule has 1 heterocycles. The van der Waals surface area contributed by atoms with Crippen molar-refractivity contribution in [2.45, 2.75) is 24.9 Å². The summed E-state index contributed by atoms with van der Waals surface area (Å²) >= 11 is 0. The number of amides is 1. The van der Waals surface area contributed by atoms with Crippen LogP contribution in [0.3, 0.4) is 0 Å². The smallest absolute Gasteiger partial charge is 0.273 e. The van der Waals surface area contributed by atoms with E-state index in [4.69, 9.17) is 10.2 Å². The molecular weight excluding hydrogens is 386 g/mol. The van der Waals surface area contributed by atoms with Crippen LogP contribution in [0.15, 0.2) is 102 Å². The highest BCUT2D eigenvalue weighted by Gasteiger charge is 2.21. The Morgan fingerprint density at radius 2 is 1.39 bits per heavy atom. The van der Waals surface area contributed by atoms with Crippen molar-refractivity contribution in [3.63, 3.8) is 0 Å². The molecule has 0 aliphatic heterocycles. The van der Waals surface area contributed by atoms with E-state index in [2.05, 4.69) is 22.4 Å². The number of hydrogen-bond donors (Lipinski definition) is 2. The molecule has 0 radical (unpaired) electrons. The number of oxazole rings is 1. The zero-order chi connectivity index (χ0) is 21.5. The van der Waals surface area contributed by atoms with Crippen LogP contribution in [0, 0.1) is 0 Å². The normalized spacial score (nSPS) is 12.8. The molecule has 2 atom stereocenters. The Morgan fingerprint density at radius 3 is 2.00 bits per heavy atom. The second-order valence-corrected chi connectivity index (χ2v) is 7.49. The number of benzene rings is 3. The molecule has 3 aromatic carbocycles. The Balaban J connectivity index is 1.47. The Bertz CT molecular complexity index is 1100. The molecule has 3 N–H and O–H groups in total.